The SMILES string of the molecule is CC(C)NCc1ccc(N2CCOCC2C)c(Br)c1. The summed E-state index contributed by atoms with van der Waals surface area (Å²) < 4.78 is 6.67. The molecule has 0 amide bonds. The molecule has 1 aromatic carbocycles. The van der Waals surface area contributed by atoms with E-state index < -0.39 is 0 Å². The molecule has 1 atom stereocenters. The fourth-order valence-electron chi connectivity index (χ4n) is 2.30. The standard InChI is InChI=1S/C15H23BrN2O/c1-11(2)17-9-13-4-5-15(14(16)8-13)18-6-7-19-10-12(18)3/h4-5,8,11-12,17H,6-7,9-10H2,1-3H3. The van der Waals surface area contributed by atoms with Crippen molar-refractivity contribution in [2.75, 3.05) is 24.7 Å². The Morgan fingerprint density at radius 2 is 2.26 bits per heavy atom. The lowest BCUT2D eigenvalue weighted by Crippen LogP contribution is -2.43. The van der Waals surface area contributed by atoms with Gasteiger partial charge in [0.1, 0.15) is 0 Å². The number of benzene rings is 1. The molecule has 0 aliphatic carbocycles. The van der Waals surface area contributed by atoms with Gasteiger partial charge in [-0.1, -0.05) is 19.9 Å². The Balaban J connectivity index is 2.10. The molecule has 1 heterocycles. The van der Waals surface area contributed by atoms with Crippen LogP contribution in [0.15, 0.2) is 22.7 Å². The number of nitrogens with zero attached hydrogens (tertiary/aromatic N) is 1. The molecule has 19 heavy (non-hydrogen) atoms. The van der Waals surface area contributed by atoms with Crippen LogP contribution in [0.25, 0.3) is 0 Å². The smallest absolute Gasteiger partial charge is 0.0668 e. The van der Waals surface area contributed by atoms with Gasteiger partial charge in [-0.3, -0.25) is 0 Å². The van der Waals surface area contributed by atoms with Gasteiger partial charge in [-0.25, -0.2) is 0 Å². The first-order valence-electron chi connectivity index (χ1n) is 6.94. The van der Waals surface area contributed by atoms with Crippen LogP contribution < -0.4 is 10.2 Å². The van der Waals surface area contributed by atoms with Gasteiger partial charge in [0.15, 0.2) is 0 Å². The van der Waals surface area contributed by atoms with E-state index in [0.29, 0.717) is 12.1 Å². The molecule has 1 saturated heterocycles. The molecule has 1 aliphatic heterocycles. The lowest BCUT2D eigenvalue weighted by Gasteiger charge is -2.36. The highest BCUT2D eigenvalue weighted by atomic mass is 79.9. The van der Waals surface area contributed by atoms with Crippen LogP contribution in [0.4, 0.5) is 5.69 Å². The molecule has 3 nitrogen and oxygen atoms in total. The maximum absolute atomic E-state index is 5.49. The van der Waals surface area contributed by atoms with Crippen LogP contribution >= 0.6 is 15.9 Å². The number of hydrogen-bond acceptors (Lipinski definition) is 3. The molecular weight excluding hydrogens is 304 g/mol. The van der Waals surface area contributed by atoms with Gasteiger partial charge in [0.05, 0.1) is 18.9 Å². The molecule has 0 spiro atoms. The lowest BCUT2D eigenvalue weighted by molar-refractivity contribution is 0.0989. The van der Waals surface area contributed by atoms with Crippen molar-refractivity contribution in [3.8, 4) is 0 Å². The van der Waals surface area contributed by atoms with Crippen molar-refractivity contribution in [1.29, 1.82) is 0 Å². The van der Waals surface area contributed by atoms with E-state index in [1.54, 1.807) is 0 Å². The molecule has 1 unspecified atom stereocenters. The molecule has 0 saturated carbocycles. The second kappa shape index (κ2) is 6.73. The second-order valence-electron chi connectivity index (χ2n) is 5.44. The van der Waals surface area contributed by atoms with Crippen molar-refractivity contribution in [2.45, 2.75) is 39.4 Å². The van der Waals surface area contributed by atoms with Crippen molar-refractivity contribution < 1.29 is 4.74 Å². The van der Waals surface area contributed by atoms with Crippen molar-refractivity contribution in [2.24, 2.45) is 0 Å². The molecule has 1 aliphatic rings. The zero-order chi connectivity index (χ0) is 13.8. The molecule has 4 heteroatoms. The van der Waals surface area contributed by atoms with Crippen molar-refractivity contribution >= 4 is 21.6 Å². The van der Waals surface area contributed by atoms with Crippen LogP contribution in [0.5, 0.6) is 0 Å². The van der Waals surface area contributed by atoms with Crippen LogP contribution in [0.1, 0.15) is 26.3 Å². The fraction of sp³-hybridized carbons (Fsp3) is 0.600. The third-order valence-corrected chi connectivity index (χ3v) is 4.04. The first-order valence-corrected chi connectivity index (χ1v) is 7.73. The first-order chi connectivity index (χ1) is 9.08. The van der Waals surface area contributed by atoms with Gasteiger partial charge < -0.3 is 15.0 Å². The highest BCUT2D eigenvalue weighted by Gasteiger charge is 2.20. The Morgan fingerprint density at radius 1 is 1.47 bits per heavy atom. The van der Waals surface area contributed by atoms with E-state index in [9.17, 15) is 0 Å². The van der Waals surface area contributed by atoms with Crippen LogP contribution in [-0.2, 0) is 11.3 Å². The van der Waals surface area contributed by atoms with Gasteiger partial charge in [-0.2, -0.15) is 0 Å². The maximum atomic E-state index is 5.49. The average molecular weight is 327 g/mol. The maximum Gasteiger partial charge on any atom is 0.0668 e. The van der Waals surface area contributed by atoms with Gasteiger partial charge >= 0.3 is 0 Å². The summed E-state index contributed by atoms with van der Waals surface area (Å²) in [5, 5.41) is 3.44. The topological polar surface area (TPSA) is 24.5 Å². The summed E-state index contributed by atoms with van der Waals surface area (Å²) in [7, 11) is 0. The molecule has 1 N–H and O–H groups in total. The van der Waals surface area contributed by atoms with Crippen LogP contribution in [-0.4, -0.2) is 31.8 Å². The number of ether oxygens (including phenoxy) is 1. The number of morpholine rings is 1. The molecule has 1 aromatic rings. The van der Waals surface area contributed by atoms with Crippen LogP contribution in [0.3, 0.4) is 0 Å². The minimum absolute atomic E-state index is 0.435. The number of rotatable bonds is 4. The van der Waals surface area contributed by atoms with Gasteiger partial charge in [-0.05, 0) is 40.5 Å². The Kier molecular flexibility index (Phi) is 5.25. The quantitative estimate of drug-likeness (QED) is 0.919. The summed E-state index contributed by atoms with van der Waals surface area (Å²) in [5.74, 6) is 0. The summed E-state index contributed by atoms with van der Waals surface area (Å²) in [5.41, 5.74) is 2.58. The largest absolute Gasteiger partial charge is 0.377 e. The summed E-state index contributed by atoms with van der Waals surface area (Å²) >= 11 is 3.71. The van der Waals surface area contributed by atoms with Gasteiger partial charge in [0, 0.05) is 29.6 Å². The van der Waals surface area contributed by atoms with E-state index >= 15 is 0 Å². The summed E-state index contributed by atoms with van der Waals surface area (Å²) in [6, 6.07) is 7.58. The molecule has 0 radical (unpaired) electrons. The van der Waals surface area contributed by atoms with Gasteiger partial charge in [0.25, 0.3) is 0 Å². The van der Waals surface area contributed by atoms with E-state index in [1.165, 1.54) is 15.7 Å². The van der Waals surface area contributed by atoms with Crippen LogP contribution in [0.2, 0.25) is 0 Å². The highest BCUT2D eigenvalue weighted by Crippen LogP contribution is 2.29. The van der Waals surface area contributed by atoms with Crippen molar-refractivity contribution in [3.63, 3.8) is 0 Å². The Morgan fingerprint density at radius 3 is 2.89 bits per heavy atom. The van der Waals surface area contributed by atoms with Crippen molar-refractivity contribution in [3.05, 3.63) is 28.2 Å². The van der Waals surface area contributed by atoms with E-state index in [-0.39, 0.29) is 0 Å². The molecular formula is C15H23BrN2O. The third-order valence-electron chi connectivity index (χ3n) is 3.40. The Hall–Kier alpha value is -0.580. The number of halogens is 1. The van der Waals surface area contributed by atoms with E-state index in [0.717, 1.165) is 26.3 Å². The molecule has 106 valence electrons. The van der Waals surface area contributed by atoms with E-state index in [2.05, 4.69) is 65.1 Å². The normalized spacial score (nSPS) is 20.1. The summed E-state index contributed by atoms with van der Waals surface area (Å²) in [4.78, 5) is 2.41. The average Bonchev–Trinajstić information content (AvgIpc) is 2.38. The first kappa shape index (κ1) is 14.8. The Labute approximate surface area is 124 Å². The molecule has 1 fully saturated rings. The monoisotopic (exact) mass is 326 g/mol. The van der Waals surface area contributed by atoms with Gasteiger partial charge in [0.2, 0.25) is 0 Å². The predicted molar refractivity (Wildman–Crippen MR) is 83.7 cm³/mol. The van der Waals surface area contributed by atoms with Crippen molar-refractivity contribution in [1.82, 2.24) is 5.32 Å². The van der Waals surface area contributed by atoms with E-state index in [1.807, 2.05) is 0 Å². The zero-order valence-corrected chi connectivity index (χ0v) is 13.5. The fourth-order valence-corrected chi connectivity index (χ4v) is 2.95. The Bertz CT molecular complexity index is 423. The number of nitrogens with one attached hydrogen (secondary N) is 1. The third kappa shape index (κ3) is 3.94. The second-order valence-corrected chi connectivity index (χ2v) is 6.29. The molecule has 2 rings (SSSR count). The predicted octanol–water partition coefficient (Wildman–Crippen LogP) is 3.17. The minimum atomic E-state index is 0.435. The number of anilines is 1. The highest BCUT2D eigenvalue weighted by molar-refractivity contribution is 9.10. The lowest BCUT2D eigenvalue weighted by atomic mass is 10.1. The van der Waals surface area contributed by atoms with Gasteiger partial charge in [-0.15, -0.1) is 0 Å². The zero-order valence-electron chi connectivity index (χ0n) is 11.9. The number of hydrogen-bond donors (Lipinski definition) is 1. The summed E-state index contributed by atoms with van der Waals surface area (Å²) in [6.07, 6.45) is 0. The van der Waals surface area contributed by atoms with Crippen LogP contribution in [0, 0.1) is 0 Å². The molecule has 0 bridgehead atoms. The molecule has 0 aromatic heterocycles. The van der Waals surface area contributed by atoms with E-state index in [4.69, 9.17) is 4.74 Å². The summed E-state index contributed by atoms with van der Waals surface area (Å²) in [6.45, 7) is 10.0. The minimum Gasteiger partial charge on any atom is -0.377 e.